The number of nitrogens with one attached hydrogen (secondary N) is 2. The summed E-state index contributed by atoms with van der Waals surface area (Å²) in [6, 6.07) is -0.990. The van der Waals surface area contributed by atoms with Crippen molar-refractivity contribution in [1.29, 1.82) is 10.5 Å². The average Bonchev–Trinajstić information content (AvgIpc) is 1.55. The van der Waals surface area contributed by atoms with Gasteiger partial charge in [0.25, 0.3) is 0 Å². The van der Waals surface area contributed by atoms with Gasteiger partial charge in [-0.1, -0.05) is 61.3 Å². The van der Waals surface area contributed by atoms with E-state index in [0.29, 0.717) is 39.7 Å². The second kappa shape index (κ2) is 30.1. The molecule has 1 saturated heterocycles. The molecule has 5 aliphatic rings. The van der Waals surface area contributed by atoms with Gasteiger partial charge in [0.15, 0.2) is 6.08 Å². The van der Waals surface area contributed by atoms with Crippen molar-refractivity contribution in [3.05, 3.63) is 47.1 Å². The van der Waals surface area contributed by atoms with Crippen molar-refractivity contribution < 1.29 is 88.6 Å². The monoisotopic (exact) mass is 1230 g/mol. The maximum atomic E-state index is 14.5. The van der Waals surface area contributed by atoms with E-state index in [-0.39, 0.29) is 105 Å². The molecule has 1 fully saturated rings. The number of fused-ring (bicyclic) bond motifs is 6. The minimum absolute atomic E-state index is 0. The summed E-state index contributed by atoms with van der Waals surface area (Å²) in [7, 11) is 7.67. The number of nitrogens with zero attached hydrogens (tertiary/aromatic N) is 6. The number of amides is 1. The molecule has 2 N–H and O–H groups in total. The number of ether oxygens (including phenoxy) is 7. The van der Waals surface area contributed by atoms with Gasteiger partial charge in [-0.05, 0) is 57.6 Å². The van der Waals surface area contributed by atoms with Crippen LogP contribution >= 0.6 is 0 Å². The van der Waals surface area contributed by atoms with Gasteiger partial charge in [0.05, 0.1) is 85.8 Å². The normalized spacial score (nSPS) is 29.6. The Morgan fingerprint density at radius 1 is 0.706 bits per heavy atom. The Balaban J connectivity index is 0.00000482. The number of aliphatic imine (C=N–C) groups is 4. The summed E-state index contributed by atoms with van der Waals surface area (Å²) < 4.78 is 37.8. The first-order valence-electron chi connectivity index (χ1n) is 27.5. The van der Waals surface area contributed by atoms with Crippen LogP contribution in [0.25, 0.3) is 0 Å². The third-order valence-corrected chi connectivity index (χ3v) is 17.7. The number of carbonyl (C=O) groups excluding carboxylic acids is 7. The molecule has 85 heavy (non-hydrogen) atoms. The van der Waals surface area contributed by atoms with Crippen molar-refractivity contribution in [2.45, 2.75) is 164 Å². The minimum Gasteiger partial charge on any atom is -0.594 e. The third kappa shape index (κ3) is 15.4. The van der Waals surface area contributed by atoms with E-state index in [4.69, 9.17) is 83.2 Å². The molecule has 0 radical (unpaired) electrons. The second-order valence-electron chi connectivity index (χ2n) is 23.9. The molecule has 466 valence electrons. The molecule has 8 bridgehead atoms. The Hall–Kier alpha value is -7.36. The van der Waals surface area contributed by atoms with Crippen molar-refractivity contribution >= 4 is 64.9 Å². The van der Waals surface area contributed by atoms with Gasteiger partial charge in [0.1, 0.15) is 5.70 Å². The quantitative estimate of drug-likeness (QED) is 0.0344. The average molecular weight is 1230 g/mol. The molecule has 0 spiro atoms. The Morgan fingerprint density at radius 2 is 1.21 bits per heavy atom. The molecule has 0 aromatic carbocycles. The zero-order chi connectivity index (χ0) is 64.1. The first-order chi connectivity index (χ1) is 39.3. The van der Waals surface area contributed by atoms with Crippen LogP contribution < -0.4 is 15.7 Å². The van der Waals surface area contributed by atoms with E-state index in [0.717, 1.165) is 0 Å². The van der Waals surface area contributed by atoms with E-state index in [2.05, 4.69) is 16.6 Å². The first-order valence-corrected chi connectivity index (χ1v) is 27.5. The van der Waals surface area contributed by atoms with Crippen LogP contribution in [0.3, 0.4) is 0 Å². The zero-order valence-electron chi connectivity index (χ0n) is 52.1. The SMILES string of the molecule is C#CCNC(=O)CC[C@@H]1/C2=C(\N=C([O-])OC(C)(C)C)C3=N/C(=C(/C)C4=NC([C@H](CC(=O)OC)[C@@]4(C)CCC(=O)OC)[C@]4(C)N=C(/C(C)=C(\N2)[C@@]1(C)CC(=O)OC)[C@@H](CCC(=O)OC)[C@]4(C)CC(=O)OC)[C@@H](CCC(=O)OC)C3(C)C.[C-]#N.[C-]#N.[Co+3]. The predicted molar refractivity (Wildman–Crippen MR) is 305 cm³/mol. The number of methoxy groups -OCH3 is 6. The van der Waals surface area contributed by atoms with E-state index in [1.54, 1.807) is 20.8 Å². The molecule has 5 aliphatic heterocycles. The fraction of sp³-hybridized carbons (Fsp3) is 0.656. The molecule has 5 rings (SSSR count). The van der Waals surface area contributed by atoms with Gasteiger partial charge in [0, 0.05) is 105 Å². The van der Waals surface area contributed by atoms with Crippen molar-refractivity contribution in [3.63, 3.8) is 0 Å². The van der Waals surface area contributed by atoms with Crippen LogP contribution in [0.15, 0.2) is 53.9 Å². The Labute approximate surface area is 510 Å². The zero-order valence-corrected chi connectivity index (χ0v) is 53.1. The number of terminal acetylenes is 1. The molecule has 24 heteroatoms. The van der Waals surface area contributed by atoms with Gasteiger partial charge in [0.2, 0.25) is 5.91 Å². The largest absolute Gasteiger partial charge is 3.00 e. The van der Waals surface area contributed by atoms with Gasteiger partial charge in [-0.15, -0.1) is 6.42 Å². The summed E-state index contributed by atoms with van der Waals surface area (Å²) in [5.41, 5.74) is -4.08. The van der Waals surface area contributed by atoms with Crippen LogP contribution in [-0.2, 0) is 83.5 Å². The van der Waals surface area contributed by atoms with Crippen LogP contribution in [0.4, 0.5) is 0 Å². The molecule has 0 aromatic rings. The number of carbonyl (C=O) groups is 7. The van der Waals surface area contributed by atoms with E-state index in [1.165, 1.54) is 42.7 Å². The van der Waals surface area contributed by atoms with Gasteiger partial charge >= 0.3 is 52.6 Å². The van der Waals surface area contributed by atoms with E-state index in [1.807, 2.05) is 55.4 Å². The van der Waals surface area contributed by atoms with Crippen LogP contribution in [0.5, 0.6) is 0 Å². The van der Waals surface area contributed by atoms with Crippen LogP contribution in [0.1, 0.15) is 147 Å². The minimum atomic E-state index is -1.48. The van der Waals surface area contributed by atoms with Gasteiger partial charge in [-0.25, -0.2) is 4.99 Å². The number of hydrogen-bond acceptors (Lipinski definition) is 22. The van der Waals surface area contributed by atoms with Crippen molar-refractivity contribution in [2.24, 2.45) is 65.3 Å². The first kappa shape index (κ1) is 73.7. The van der Waals surface area contributed by atoms with Crippen LogP contribution in [0.2, 0.25) is 0 Å². The van der Waals surface area contributed by atoms with Crippen molar-refractivity contribution in [3.8, 4) is 12.3 Å². The summed E-state index contributed by atoms with van der Waals surface area (Å²) >= 11 is 0. The summed E-state index contributed by atoms with van der Waals surface area (Å²) in [6.45, 7) is 29.6. The fourth-order valence-electron chi connectivity index (χ4n) is 13.1. The third-order valence-electron chi connectivity index (χ3n) is 17.7. The number of hydrogen-bond donors (Lipinski definition) is 2. The molecule has 23 nitrogen and oxygen atoms in total. The molecule has 0 aliphatic carbocycles. The van der Waals surface area contributed by atoms with Crippen LogP contribution in [-0.4, -0.2) is 131 Å². The summed E-state index contributed by atoms with van der Waals surface area (Å²) in [5.74, 6) is -4.44. The van der Waals surface area contributed by atoms with E-state index in [9.17, 15) is 38.7 Å². The number of rotatable bonds is 20. The molecule has 0 aromatic heterocycles. The summed E-state index contributed by atoms with van der Waals surface area (Å²) in [4.78, 5) is 118. The van der Waals surface area contributed by atoms with Gasteiger partial charge in [-0.2, -0.15) is 0 Å². The van der Waals surface area contributed by atoms with Gasteiger partial charge in [-0.3, -0.25) is 48.5 Å². The van der Waals surface area contributed by atoms with Crippen molar-refractivity contribution in [1.82, 2.24) is 10.6 Å². The maximum Gasteiger partial charge on any atom is 3.00 e. The number of allylic oxidation sites excluding steroid dienone is 6. The molecular weight excluding hydrogens is 1140 g/mol. The molecule has 5 heterocycles. The predicted octanol–water partition coefficient (Wildman–Crippen LogP) is 6.16. The molecule has 0 saturated carbocycles. The van der Waals surface area contributed by atoms with Gasteiger partial charge < -0.3 is 72.6 Å². The molecular formula is C61H83CoN8O15. The standard InChI is InChI=1S/C59H84N6O15.2CN.Co/c1-19-28-60-38(66)23-20-35-47-48(63-53(73)80-54(4,5)6)52-55(7,8)34(21-24-39(67)74-13)45(61-52)32(2)49-56(9,27-26-41(69)76-15)37(29-42(70)77-16)51(64-49)59(12)58(11,31-44(72)79-18)36(22-25-40(68)75-14)46(65-59)33(3)50(62-47)57(35,10)30-43(71)78-17;2*1-2;/h1,34-37,51,62H,20-31H2,2-18H3,(H,60,66)(H,63,73);;;/q;2*-1;+3/p-1/b45-32-,48-47+,50-33-;;;/t34-,35-,36-,37+,51?,56-,57+,58+,59+;;;/m1.../s1. The Kier molecular flexibility index (Phi) is 26.1. The smallest absolute Gasteiger partial charge is 0.594 e. The van der Waals surface area contributed by atoms with Crippen molar-refractivity contribution in [2.75, 3.05) is 49.2 Å². The number of esters is 6. The molecule has 9 atom stereocenters. The molecule has 1 amide bonds. The maximum absolute atomic E-state index is 14.5. The van der Waals surface area contributed by atoms with E-state index >= 15 is 0 Å². The van der Waals surface area contributed by atoms with Crippen LogP contribution in [0, 0.1) is 81.3 Å². The molecule has 1 unspecified atom stereocenters. The second-order valence-corrected chi connectivity index (χ2v) is 23.9. The Morgan fingerprint density at radius 3 is 1.73 bits per heavy atom. The fourth-order valence-corrected chi connectivity index (χ4v) is 13.1. The summed E-state index contributed by atoms with van der Waals surface area (Å²) in [6.07, 6.45) is 3.74. The topological polar surface area (TPSA) is 328 Å². The summed E-state index contributed by atoms with van der Waals surface area (Å²) in [5, 5.41) is 33.4. The Bertz CT molecular complexity index is 2880. The van der Waals surface area contributed by atoms with E-state index < -0.39 is 110 Å².